The fourth-order valence-corrected chi connectivity index (χ4v) is 4.61. The van der Waals surface area contributed by atoms with Crippen molar-refractivity contribution in [1.82, 2.24) is 4.98 Å². The van der Waals surface area contributed by atoms with Crippen molar-refractivity contribution in [3.63, 3.8) is 0 Å². The van der Waals surface area contributed by atoms with E-state index in [1.807, 2.05) is 32.9 Å². The Morgan fingerprint density at radius 3 is 2.47 bits per heavy atom. The van der Waals surface area contributed by atoms with Gasteiger partial charge in [-0.1, -0.05) is 6.08 Å². The molecule has 6 heteroatoms. The zero-order valence-corrected chi connectivity index (χ0v) is 20.8. The van der Waals surface area contributed by atoms with Crippen LogP contribution in [0.15, 0.2) is 58.0 Å². The number of pyridine rings is 1. The Kier molecular flexibility index (Phi) is 6.11. The van der Waals surface area contributed by atoms with E-state index >= 15 is 0 Å². The van der Waals surface area contributed by atoms with Crippen molar-refractivity contribution in [2.45, 2.75) is 65.5 Å². The van der Waals surface area contributed by atoms with Crippen LogP contribution in [0, 0.1) is 0 Å². The highest BCUT2D eigenvalue weighted by Crippen LogP contribution is 2.41. The number of carbonyl (C=O) groups is 1. The molecule has 1 aliphatic heterocycles. The van der Waals surface area contributed by atoms with Gasteiger partial charge >= 0.3 is 11.6 Å². The van der Waals surface area contributed by atoms with Crippen LogP contribution in [0.3, 0.4) is 0 Å². The number of benzene rings is 1. The van der Waals surface area contributed by atoms with Gasteiger partial charge in [0.05, 0.1) is 11.1 Å². The van der Waals surface area contributed by atoms with E-state index in [-0.39, 0.29) is 17.1 Å². The summed E-state index contributed by atoms with van der Waals surface area (Å²) in [5.41, 5.74) is 3.99. The van der Waals surface area contributed by atoms with Crippen molar-refractivity contribution in [2.24, 2.45) is 0 Å². The lowest BCUT2D eigenvalue weighted by atomic mass is 9.87. The highest BCUT2D eigenvalue weighted by Gasteiger charge is 2.32. The number of carbonyl (C=O) groups excluding carboxylic acids is 1. The molecule has 3 aromatic rings. The number of aromatic nitrogens is 1. The summed E-state index contributed by atoms with van der Waals surface area (Å²) in [6.45, 7) is 12.7. The Morgan fingerprint density at radius 2 is 1.79 bits per heavy atom. The molecule has 0 atom stereocenters. The number of ether oxygens (including phenoxy) is 1. The van der Waals surface area contributed by atoms with Crippen molar-refractivity contribution < 1.29 is 13.9 Å². The third-order valence-corrected chi connectivity index (χ3v) is 6.01. The number of hydrogen-bond donors (Lipinski definition) is 0. The molecule has 0 fully saturated rings. The maximum absolute atomic E-state index is 12.8. The van der Waals surface area contributed by atoms with Gasteiger partial charge < -0.3 is 14.1 Å². The number of anilines is 1. The maximum Gasteiger partial charge on any atom is 0.344 e. The standard InChI is InChI=1S/C28H32N2O4/c1-18-17-28(5,6)30(13-7-8-25(31)34-27(2,3)4)23-16-24-20(14-21(18)23)15-22(26(32)33-24)19-9-11-29-12-10-19/h9-12,14-17H,7-8,13H2,1-6H3. The Morgan fingerprint density at radius 1 is 1.12 bits per heavy atom. The molecule has 4 rings (SSSR count). The van der Waals surface area contributed by atoms with Gasteiger partial charge in [-0.2, -0.15) is 0 Å². The van der Waals surface area contributed by atoms with Gasteiger partial charge in [0.15, 0.2) is 0 Å². The molecule has 6 nitrogen and oxygen atoms in total. The molecule has 0 spiro atoms. The van der Waals surface area contributed by atoms with Gasteiger partial charge in [-0.05, 0) is 83.4 Å². The predicted octanol–water partition coefficient (Wildman–Crippen LogP) is 5.98. The van der Waals surface area contributed by atoms with Gasteiger partial charge in [0, 0.05) is 48.1 Å². The molecule has 34 heavy (non-hydrogen) atoms. The molecule has 0 N–H and O–H groups in total. The van der Waals surface area contributed by atoms with Crippen LogP contribution in [0.4, 0.5) is 5.69 Å². The molecule has 0 amide bonds. The SMILES string of the molecule is CC1=CC(C)(C)N(CCCC(=O)OC(C)(C)C)c2cc3oc(=O)c(-c4ccncc4)cc3cc21. The zero-order chi connectivity index (χ0) is 24.7. The minimum atomic E-state index is -0.487. The first-order valence-corrected chi connectivity index (χ1v) is 11.7. The molecular formula is C28H32N2O4. The van der Waals surface area contributed by atoms with E-state index in [0.717, 1.165) is 22.2 Å². The van der Waals surface area contributed by atoms with Gasteiger partial charge in [-0.25, -0.2) is 4.79 Å². The van der Waals surface area contributed by atoms with Gasteiger partial charge in [0.25, 0.3) is 0 Å². The summed E-state index contributed by atoms with van der Waals surface area (Å²) < 4.78 is 11.2. The average molecular weight is 461 g/mol. The van der Waals surface area contributed by atoms with Crippen LogP contribution in [0.1, 0.15) is 59.9 Å². The number of esters is 1. The summed E-state index contributed by atoms with van der Waals surface area (Å²) in [7, 11) is 0. The summed E-state index contributed by atoms with van der Waals surface area (Å²) in [6.07, 6.45) is 6.58. The van der Waals surface area contributed by atoms with E-state index in [2.05, 4.69) is 42.8 Å². The van der Waals surface area contributed by atoms with E-state index in [1.54, 1.807) is 24.5 Å². The number of fused-ring (bicyclic) bond motifs is 2. The first-order chi connectivity index (χ1) is 15.9. The van der Waals surface area contributed by atoms with E-state index in [9.17, 15) is 9.59 Å². The normalized spacial score (nSPS) is 15.1. The zero-order valence-electron chi connectivity index (χ0n) is 20.8. The number of allylic oxidation sites excluding steroid dienone is 1. The number of hydrogen-bond acceptors (Lipinski definition) is 6. The average Bonchev–Trinajstić information content (AvgIpc) is 2.73. The van der Waals surface area contributed by atoms with Crippen LogP contribution >= 0.6 is 0 Å². The highest BCUT2D eigenvalue weighted by molar-refractivity contribution is 5.93. The van der Waals surface area contributed by atoms with Crippen LogP contribution in [-0.2, 0) is 9.53 Å². The minimum absolute atomic E-state index is 0.192. The second-order valence-electron chi connectivity index (χ2n) is 10.4. The van der Waals surface area contributed by atoms with Crippen LogP contribution in [0.25, 0.3) is 27.7 Å². The van der Waals surface area contributed by atoms with E-state index in [0.29, 0.717) is 30.5 Å². The molecule has 0 saturated heterocycles. The quantitative estimate of drug-likeness (QED) is 0.345. The van der Waals surface area contributed by atoms with E-state index in [1.165, 1.54) is 5.57 Å². The van der Waals surface area contributed by atoms with Crippen molar-refractivity contribution in [3.8, 4) is 11.1 Å². The molecule has 0 bridgehead atoms. The van der Waals surface area contributed by atoms with Crippen molar-refractivity contribution in [1.29, 1.82) is 0 Å². The number of rotatable bonds is 5. The lowest BCUT2D eigenvalue weighted by molar-refractivity contribution is -0.154. The second kappa shape index (κ2) is 8.75. The van der Waals surface area contributed by atoms with Crippen molar-refractivity contribution in [3.05, 3.63) is 64.8 Å². The highest BCUT2D eigenvalue weighted by atomic mass is 16.6. The van der Waals surface area contributed by atoms with Gasteiger partial charge in [-0.15, -0.1) is 0 Å². The van der Waals surface area contributed by atoms with Crippen LogP contribution in [0.2, 0.25) is 0 Å². The first kappa shape index (κ1) is 23.7. The lowest BCUT2D eigenvalue weighted by Gasteiger charge is -2.43. The summed E-state index contributed by atoms with van der Waals surface area (Å²) in [5, 5.41) is 0.867. The lowest BCUT2D eigenvalue weighted by Crippen LogP contribution is -2.45. The fourth-order valence-electron chi connectivity index (χ4n) is 4.61. The summed E-state index contributed by atoms with van der Waals surface area (Å²) in [4.78, 5) is 31.3. The fraction of sp³-hybridized carbons (Fsp3) is 0.393. The Hall–Kier alpha value is -3.41. The molecule has 0 saturated carbocycles. The molecule has 0 unspecified atom stereocenters. The Balaban J connectivity index is 1.69. The summed E-state index contributed by atoms with van der Waals surface area (Å²) in [6, 6.07) is 9.53. The van der Waals surface area contributed by atoms with Crippen LogP contribution in [-0.4, -0.2) is 28.6 Å². The van der Waals surface area contributed by atoms with Crippen LogP contribution in [0.5, 0.6) is 0 Å². The molecule has 3 heterocycles. The number of nitrogens with zero attached hydrogens (tertiary/aromatic N) is 2. The van der Waals surface area contributed by atoms with Gasteiger partial charge in [-0.3, -0.25) is 9.78 Å². The first-order valence-electron chi connectivity index (χ1n) is 11.7. The topological polar surface area (TPSA) is 72.6 Å². The Labute approximate surface area is 200 Å². The van der Waals surface area contributed by atoms with Crippen molar-refractivity contribution >= 4 is 28.2 Å². The molecular weight excluding hydrogens is 428 g/mol. The molecule has 2 aromatic heterocycles. The smallest absolute Gasteiger partial charge is 0.344 e. The maximum atomic E-state index is 12.8. The minimum Gasteiger partial charge on any atom is -0.460 e. The second-order valence-corrected chi connectivity index (χ2v) is 10.4. The molecule has 0 aliphatic carbocycles. The molecule has 178 valence electrons. The Bertz CT molecular complexity index is 1310. The van der Waals surface area contributed by atoms with Crippen LogP contribution < -0.4 is 10.5 Å². The summed E-state index contributed by atoms with van der Waals surface area (Å²) >= 11 is 0. The molecule has 0 radical (unpaired) electrons. The van der Waals surface area contributed by atoms with Gasteiger partial charge in [0.1, 0.15) is 11.2 Å². The largest absolute Gasteiger partial charge is 0.460 e. The third kappa shape index (κ3) is 4.91. The third-order valence-electron chi connectivity index (χ3n) is 6.01. The van der Waals surface area contributed by atoms with E-state index < -0.39 is 5.60 Å². The molecule has 1 aromatic carbocycles. The monoisotopic (exact) mass is 460 g/mol. The van der Waals surface area contributed by atoms with Crippen molar-refractivity contribution in [2.75, 3.05) is 11.4 Å². The van der Waals surface area contributed by atoms with E-state index in [4.69, 9.17) is 9.15 Å². The summed E-state index contributed by atoms with van der Waals surface area (Å²) in [5.74, 6) is -0.192. The predicted molar refractivity (Wildman–Crippen MR) is 136 cm³/mol. The molecule has 1 aliphatic rings. The van der Waals surface area contributed by atoms with Gasteiger partial charge in [0.2, 0.25) is 0 Å².